The molecule has 0 aromatic carbocycles. The SMILES string of the molecule is CC.O=C(c1cncnc1)N1CCCCC1. The quantitative estimate of drug-likeness (QED) is 0.729. The van der Waals surface area contributed by atoms with E-state index in [1.807, 2.05) is 18.7 Å². The molecular weight excluding hydrogens is 202 g/mol. The Hall–Kier alpha value is -1.45. The molecule has 1 aromatic rings. The number of amides is 1. The van der Waals surface area contributed by atoms with Crippen LogP contribution in [0.5, 0.6) is 0 Å². The van der Waals surface area contributed by atoms with Crippen molar-refractivity contribution in [2.75, 3.05) is 13.1 Å². The predicted octanol–water partition coefficient (Wildman–Crippen LogP) is 2.13. The highest BCUT2D eigenvalue weighted by molar-refractivity contribution is 5.93. The van der Waals surface area contributed by atoms with Gasteiger partial charge in [-0.2, -0.15) is 0 Å². The smallest absolute Gasteiger partial charge is 0.256 e. The molecule has 4 heteroatoms. The maximum absolute atomic E-state index is 11.8. The Morgan fingerprint density at radius 1 is 1.12 bits per heavy atom. The summed E-state index contributed by atoms with van der Waals surface area (Å²) < 4.78 is 0. The molecule has 1 aromatic heterocycles. The van der Waals surface area contributed by atoms with Gasteiger partial charge in [-0.3, -0.25) is 4.79 Å². The van der Waals surface area contributed by atoms with Gasteiger partial charge in [0, 0.05) is 25.5 Å². The van der Waals surface area contributed by atoms with Gasteiger partial charge in [-0.1, -0.05) is 13.8 Å². The van der Waals surface area contributed by atoms with Crippen molar-refractivity contribution >= 4 is 5.91 Å². The molecule has 1 aliphatic rings. The average Bonchev–Trinajstić information content (AvgIpc) is 2.42. The van der Waals surface area contributed by atoms with Gasteiger partial charge in [0.15, 0.2) is 0 Å². The first-order chi connectivity index (χ1) is 7.88. The third kappa shape index (κ3) is 3.29. The lowest BCUT2D eigenvalue weighted by atomic mass is 10.1. The van der Waals surface area contributed by atoms with Crippen molar-refractivity contribution in [1.29, 1.82) is 0 Å². The largest absolute Gasteiger partial charge is 0.339 e. The first kappa shape index (κ1) is 12.6. The molecule has 2 rings (SSSR count). The fraction of sp³-hybridized carbons (Fsp3) is 0.583. The molecule has 16 heavy (non-hydrogen) atoms. The summed E-state index contributed by atoms with van der Waals surface area (Å²) in [4.78, 5) is 21.4. The molecule has 0 unspecified atom stereocenters. The molecular formula is C12H19N3O. The van der Waals surface area contributed by atoms with Gasteiger partial charge >= 0.3 is 0 Å². The maximum atomic E-state index is 11.8. The number of aromatic nitrogens is 2. The van der Waals surface area contributed by atoms with E-state index >= 15 is 0 Å². The number of nitrogens with zero attached hydrogens (tertiary/aromatic N) is 3. The third-order valence-corrected chi connectivity index (χ3v) is 2.45. The van der Waals surface area contributed by atoms with Crippen molar-refractivity contribution in [3.8, 4) is 0 Å². The highest BCUT2D eigenvalue weighted by atomic mass is 16.2. The lowest BCUT2D eigenvalue weighted by molar-refractivity contribution is 0.0723. The van der Waals surface area contributed by atoms with E-state index in [-0.39, 0.29) is 5.91 Å². The topological polar surface area (TPSA) is 46.1 Å². The lowest BCUT2D eigenvalue weighted by Crippen LogP contribution is -2.35. The molecule has 1 amide bonds. The van der Waals surface area contributed by atoms with Crippen LogP contribution >= 0.6 is 0 Å². The van der Waals surface area contributed by atoms with Crippen LogP contribution in [0.15, 0.2) is 18.7 Å². The standard InChI is InChI=1S/C10H13N3O.C2H6/c14-10(9-6-11-8-12-7-9)13-4-2-1-3-5-13;1-2/h6-8H,1-5H2;1-2H3. The summed E-state index contributed by atoms with van der Waals surface area (Å²) in [5.41, 5.74) is 0.592. The van der Waals surface area contributed by atoms with Crippen LogP contribution in [0.2, 0.25) is 0 Å². The first-order valence-corrected chi connectivity index (χ1v) is 5.92. The predicted molar refractivity (Wildman–Crippen MR) is 63.1 cm³/mol. The Bertz CT molecular complexity index is 307. The molecule has 1 saturated heterocycles. The first-order valence-electron chi connectivity index (χ1n) is 5.92. The summed E-state index contributed by atoms with van der Waals surface area (Å²) in [6, 6.07) is 0. The van der Waals surface area contributed by atoms with Crippen molar-refractivity contribution in [2.24, 2.45) is 0 Å². The van der Waals surface area contributed by atoms with E-state index in [9.17, 15) is 4.79 Å². The van der Waals surface area contributed by atoms with E-state index < -0.39 is 0 Å². The van der Waals surface area contributed by atoms with Gasteiger partial charge in [0.05, 0.1) is 5.56 Å². The minimum atomic E-state index is 0.0605. The van der Waals surface area contributed by atoms with E-state index in [1.54, 1.807) is 12.4 Å². The number of carbonyl (C=O) groups is 1. The van der Waals surface area contributed by atoms with Gasteiger partial charge in [0.1, 0.15) is 6.33 Å². The normalized spacial score (nSPS) is 15.0. The van der Waals surface area contributed by atoms with Crippen molar-refractivity contribution in [1.82, 2.24) is 14.9 Å². The monoisotopic (exact) mass is 221 g/mol. The number of hydrogen-bond donors (Lipinski definition) is 0. The Labute approximate surface area is 96.7 Å². The highest BCUT2D eigenvalue weighted by Gasteiger charge is 2.17. The second kappa shape index (κ2) is 6.93. The molecule has 1 aliphatic heterocycles. The molecule has 1 fully saturated rings. The van der Waals surface area contributed by atoms with E-state index in [0.717, 1.165) is 25.9 Å². The summed E-state index contributed by atoms with van der Waals surface area (Å²) in [6.45, 7) is 5.74. The van der Waals surface area contributed by atoms with E-state index in [2.05, 4.69) is 9.97 Å². The van der Waals surface area contributed by atoms with Gasteiger partial charge in [-0.15, -0.1) is 0 Å². The summed E-state index contributed by atoms with van der Waals surface area (Å²) in [5.74, 6) is 0.0605. The Morgan fingerprint density at radius 3 is 2.25 bits per heavy atom. The van der Waals surface area contributed by atoms with Gasteiger partial charge in [0.2, 0.25) is 0 Å². The maximum Gasteiger partial charge on any atom is 0.256 e. The Morgan fingerprint density at radius 2 is 1.69 bits per heavy atom. The average molecular weight is 221 g/mol. The number of hydrogen-bond acceptors (Lipinski definition) is 3. The minimum Gasteiger partial charge on any atom is -0.339 e. The fourth-order valence-electron chi connectivity index (χ4n) is 1.69. The molecule has 0 saturated carbocycles. The second-order valence-electron chi connectivity index (χ2n) is 3.48. The lowest BCUT2D eigenvalue weighted by Gasteiger charge is -2.26. The van der Waals surface area contributed by atoms with Crippen LogP contribution < -0.4 is 0 Å². The molecule has 2 heterocycles. The van der Waals surface area contributed by atoms with Crippen LogP contribution in [0.3, 0.4) is 0 Å². The molecule has 88 valence electrons. The van der Waals surface area contributed by atoms with Gasteiger partial charge < -0.3 is 4.90 Å². The molecule has 0 bridgehead atoms. The van der Waals surface area contributed by atoms with Crippen molar-refractivity contribution in [2.45, 2.75) is 33.1 Å². The van der Waals surface area contributed by atoms with Crippen molar-refractivity contribution < 1.29 is 4.79 Å². The number of piperidine rings is 1. The summed E-state index contributed by atoms with van der Waals surface area (Å²) in [5, 5.41) is 0. The zero-order valence-electron chi connectivity index (χ0n) is 10.0. The van der Waals surface area contributed by atoms with Gasteiger partial charge in [0.25, 0.3) is 5.91 Å². The van der Waals surface area contributed by atoms with Crippen LogP contribution in [-0.4, -0.2) is 33.9 Å². The van der Waals surface area contributed by atoms with Crippen LogP contribution in [0.4, 0.5) is 0 Å². The van der Waals surface area contributed by atoms with Crippen LogP contribution in [0, 0.1) is 0 Å². The Balaban J connectivity index is 0.000000606. The summed E-state index contributed by atoms with van der Waals surface area (Å²) >= 11 is 0. The number of rotatable bonds is 1. The molecule has 4 nitrogen and oxygen atoms in total. The second-order valence-corrected chi connectivity index (χ2v) is 3.48. The molecule has 0 spiro atoms. The van der Waals surface area contributed by atoms with Gasteiger partial charge in [-0.25, -0.2) is 9.97 Å². The fourth-order valence-corrected chi connectivity index (χ4v) is 1.69. The third-order valence-electron chi connectivity index (χ3n) is 2.45. The highest BCUT2D eigenvalue weighted by Crippen LogP contribution is 2.11. The zero-order chi connectivity index (χ0) is 11.8. The van der Waals surface area contributed by atoms with Crippen molar-refractivity contribution in [3.63, 3.8) is 0 Å². The molecule has 0 radical (unpaired) electrons. The summed E-state index contributed by atoms with van der Waals surface area (Å²) in [7, 11) is 0. The van der Waals surface area contributed by atoms with Crippen LogP contribution in [-0.2, 0) is 0 Å². The minimum absolute atomic E-state index is 0.0605. The van der Waals surface area contributed by atoms with E-state index in [1.165, 1.54) is 12.7 Å². The van der Waals surface area contributed by atoms with Crippen LogP contribution in [0.25, 0.3) is 0 Å². The van der Waals surface area contributed by atoms with Gasteiger partial charge in [-0.05, 0) is 19.3 Å². The molecule has 0 aliphatic carbocycles. The van der Waals surface area contributed by atoms with E-state index in [4.69, 9.17) is 0 Å². The number of likely N-dealkylation sites (tertiary alicyclic amines) is 1. The molecule has 0 atom stereocenters. The van der Waals surface area contributed by atoms with Crippen molar-refractivity contribution in [3.05, 3.63) is 24.3 Å². The number of carbonyl (C=O) groups excluding carboxylic acids is 1. The van der Waals surface area contributed by atoms with Crippen LogP contribution in [0.1, 0.15) is 43.5 Å². The molecule has 0 N–H and O–H groups in total. The summed E-state index contributed by atoms with van der Waals surface area (Å²) in [6.07, 6.45) is 8.04. The Kier molecular flexibility index (Phi) is 5.46. The zero-order valence-corrected chi connectivity index (χ0v) is 10.0. The van der Waals surface area contributed by atoms with E-state index in [0.29, 0.717) is 5.56 Å².